The summed E-state index contributed by atoms with van der Waals surface area (Å²) in [6, 6.07) is 3.90. The highest BCUT2D eigenvalue weighted by atomic mass is 19.1. The molecule has 0 nitrogen and oxygen atoms in total. The Balaban J connectivity index is 1.42. The maximum Gasteiger partial charge on any atom is 0.126 e. The fraction of sp³-hybridized carbons (Fsp3) is 0.680. The van der Waals surface area contributed by atoms with E-state index in [0.29, 0.717) is 0 Å². The molecule has 1 unspecified atom stereocenters. The van der Waals surface area contributed by atoms with Crippen LogP contribution in [0.1, 0.15) is 96.0 Å². The van der Waals surface area contributed by atoms with Crippen LogP contribution in [0.2, 0.25) is 0 Å². The molecule has 1 atom stereocenters. The van der Waals surface area contributed by atoms with E-state index in [4.69, 9.17) is 0 Å². The standard InChI is InChI=1S/C25H36F2/c1-2-3-4-5-6-7-19-8-10-20(11-9-19)21-12-14-22(15-13-21)23-16-24(26)18-25(27)17-23/h14,16-21H,2-13,15H2,1H3. The first kappa shape index (κ1) is 20.6. The third-order valence-corrected chi connectivity index (χ3v) is 6.96. The lowest BCUT2D eigenvalue weighted by Crippen LogP contribution is -2.23. The largest absolute Gasteiger partial charge is 0.207 e. The van der Waals surface area contributed by atoms with E-state index in [1.165, 1.54) is 82.8 Å². The molecule has 1 aromatic rings. The summed E-state index contributed by atoms with van der Waals surface area (Å²) >= 11 is 0. The lowest BCUT2D eigenvalue weighted by atomic mass is 9.70. The average molecular weight is 375 g/mol. The molecule has 0 radical (unpaired) electrons. The molecule has 0 spiro atoms. The molecule has 3 rings (SSSR count). The highest BCUT2D eigenvalue weighted by Crippen LogP contribution is 2.42. The molecule has 0 amide bonds. The van der Waals surface area contributed by atoms with Gasteiger partial charge in [-0.25, -0.2) is 8.78 Å². The van der Waals surface area contributed by atoms with Gasteiger partial charge in [-0.1, -0.05) is 64.4 Å². The lowest BCUT2D eigenvalue weighted by Gasteiger charge is -2.35. The minimum atomic E-state index is -0.471. The van der Waals surface area contributed by atoms with E-state index in [2.05, 4.69) is 13.0 Å². The first-order valence-electron chi connectivity index (χ1n) is 11.3. The van der Waals surface area contributed by atoms with Crippen LogP contribution >= 0.6 is 0 Å². The summed E-state index contributed by atoms with van der Waals surface area (Å²) in [5.41, 5.74) is 1.86. The fourth-order valence-electron chi connectivity index (χ4n) is 5.27. The third kappa shape index (κ3) is 6.16. The molecule has 0 bridgehead atoms. The summed E-state index contributed by atoms with van der Waals surface area (Å²) in [6.07, 6.45) is 19.5. The Bertz CT molecular complexity index is 590. The van der Waals surface area contributed by atoms with E-state index >= 15 is 0 Å². The zero-order chi connectivity index (χ0) is 19.1. The van der Waals surface area contributed by atoms with E-state index in [9.17, 15) is 8.78 Å². The summed E-state index contributed by atoms with van der Waals surface area (Å²) in [5, 5.41) is 0. The molecule has 1 aromatic carbocycles. The van der Waals surface area contributed by atoms with E-state index in [1.807, 2.05) is 0 Å². The second kappa shape index (κ2) is 10.4. The van der Waals surface area contributed by atoms with E-state index < -0.39 is 11.6 Å². The Morgan fingerprint density at radius 3 is 2.15 bits per heavy atom. The molecular formula is C25H36F2. The molecule has 1 saturated carbocycles. The van der Waals surface area contributed by atoms with Crippen molar-refractivity contribution in [3.8, 4) is 0 Å². The van der Waals surface area contributed by atoms with Crippen LogP contribution in [0.25, 0.3) is 5.57 Å². The van der Waals surface area contributed by atoms with Crippen LogP contribution < -0.4 is 0 Å². The van der Waals surface area contributed by atoms with Crippen LogP contribution in [0.4, 0.5) is 8.78 Å². The lowest BCUT2D eigenvalue weighted by molar-refractivity contribution is 0.187. The van der Waals surface area contributed by atoms with Crippen molar-refractivity contribution < 1.29 is 8.78 Å². The maximum atomic E-state index is 13.5. The van der Waals surface area contributed by atoms with Crippen molar-refractivity contribution in [1.82, 2.24) is 0 Å². The quantitative estimate of drug-likeness (QED) is 0.401. The topological polar surface area (TPSA) is 0 Å². The van der Waals surface area contributed by atoms with Gasteiger partial charge in [-0.15, -0.1) is 0 Å². The Hall–Kier alpha value is -1.18. The predicted octanol–water partition coefficient (Wildman–Crippen LogP) is 8.32. The SMILES string of the molecule is CCCCCCCC1CCC(C2CC=C(c3cc(F)cc(F)c3)CC2)CC1. The number of hydrogen-bond acceptors (Lipinski definition) is 0. The maximum absolute atomic E-state index is 13.5. The van der Waals surface area contributed by atoms with Crippen LogP contribution in [-0.4, -0.2) is 0 Å². The highest BCUT2D eigenvalue weighted by Gasteiger charge is 2.28. The number of unbranched alkanes of at least 4 members (excludes halogenated alkanes) is 4. The van der Waals surface area contributed by atoms with E-state index in [0.717, 1.165) is 47.8 Å². The third-order valence-electron chi connectivity index (χ3n) is 6.96. The average Bonchev–Trinajstić information content (AvgIpc) is 2.68. The first-order chi connectivity index (χ1) is 13.2. The van der Waals surface area contributed by atoms with Crippen molar-refractivity contribution in [1.29, 1.82) is 0 Å². The van der Waals surface area contributed by atoms with Crippen molar-refractivity contribution in [2.24, 2.45) is 17.8 Å². The minimum Gasteiger partial charge on any atom is -0.207 e. The van der Waals surface area contributed by atoms with E-state index in [-0.39, 0.29) is 0 Å². The number of benzene rings is 1. The molecule has 0 N–H and O–H groups in total. The summed E-state index contributed by atoms with van der Waals surface area (Å²) in [5.74, 6) is 1.66. The smallest absolute Gasteiger partial charge is 0.126 e. The van der Waals surface area contributed by atoms with Gasteiger partial charge in [0.05, 0.1) is 0 Å². The van der Waals surface area contributed by atoms with E-state index in [1.54, 1.807) is 0 Å². The minimum absolute atomic E-state index is 0.471. The first-order valence-corrected chi connectivity index (χ1v) is 11.3. The summed E-state index contributed by atoms with van der Waals surface area (Å²) in [6.45, 7) is 2.28. The van der Waals surface area contributed by atoms with Gasteiger partial charge in [0.2, 0.25) is 0 Å². The molecule has 150 valence electrons. The van der Waals surface area contributed by atoms with Crippen LogP contribution in [0.15, 0.2) is 24.3 Å². The van der Waals surface area contributed by atoms with Crippen molar-refractivity contribution >= 4 is 5.57 Å². The van der Waals surface area contributed by atoms with Gasteiger partial charge in [-0.2, -0.15) is 0 Å². The van der Waals surface area contributed by atoms with Gasteiger partial charge in [0.1, 0.15) is 11.6 Å². The highest BCUT2D eigenvalue weighted by molar-refractivity contribution is 5.66. The van der Waals surface area contributed by atoms with Crippen molar-refractivity contribution in [2.75, 3.05) is 0 Å². The summed E-state index contributed by atoms with van der Waals surface area (Å²) in [7, 11) is 0. The van der Waals surface area contributed by atoms with Crippen molar-refractivity contribution in [3.63, 3.8) is 0 Å². The Kier molecular flexibility index (Phi) is 7.91. The summed E-state index contributed by atoms with van der Waals surface area (Å²) in [4.78, 5) is 0. The molecule has 2 aliphatic rings. The zero-order valence-electron chi connectivity index (χ0n) is 17.0. The molecule has 0 aliphatic heterocycles. The molecule has 2 aliphatic carbocycles. The van der Waals surface area contributed by atoms with Gasteiger partial charge in [-0.3, -0.25) is 0 Å². The van der Waals surface area contributed by atoms with Gasteiger partial charge in [0, 0.05) is 6.07 Å². The van der Waals surface area contributed by atoms with Crippen LogP contribution in [0.5, 0.6) is 0 Å². The second-order valence-electron chi connectivity index (χ2n) is 8.91. The predicted molar refractivity (Wildman–Crippen MR) is 111 cm³/mol. The Labute approximate surface area is 164 Å². The molecule has 0 aromatic heterocycles. The van der Waals surface area contributed by atoms with Gasteiger partial charge in [0.25, 0.3) is 0 Å². The molecule has 0 heterocycles. The van der Waals surface area contributed by atoms with Crippen molar-refractivity contribution in [2.45, 2.75) is 90.4 Å². The van der Waals surface area contributed by atoms with Gasteiger partial charge in [0.15, 0.2) is 0 Å². The number of allylic oxidation sites excluding steroid dienone is 2. The van der Waals surface area contributed by atoms with Crippen molar-refractivity contribution in [3.05, 3.63) is 41.5 Å². The second-order valence-corrected chi connectivity index (χ2v) is 8.91. The van der Waals surface area contributed by atoms with Gasteiger partial charge in [-0.05, 0) is 73.1 Å². The van der Waals surface area contributed by atoms with Gasteiger partial charge >= 0.3 is 0 Å². The summed E-state index contributed by atoms with van der Waals surface area (Å²) < 4.78 is 26.9. The Morgan fingerprint density at radius 1 is 0.815 bits per heavy atom. The Morgan fingerprint density at radius 2 is 1.52 bits per heavy atom. The zero-order valence-corrected chi connectivity index (χ0v) is 17.0. The van der Waals surface area contributed by atoms with Crippen LogP contribution in [0.3, 0.4) is 0 Å². The van der Waals surface area contributed by atoms with Crippen LogP contribution in [0, 0.1) is 29.4 Å². The molecule has 1 fully saturated rings. The van der Waals surface area contributed by atoms with Gasteiger partial charge < -0.3 is 0 Å². The monoisotopic (exact) mass is 374 g/mol. The number of halogens is 2. The fourth-order valence-corrected chi connectivity index (χ4v) is 5.27. The normalized spacial score (nSPS) is 26.0. The number of rotatable bonds is 8. The molecule has 27 heavy (non-hydrogen) atoms. The molecule has 2 heteroatoms. The van der Waals surface area contributed by atoms with Crippen LogP contribution in [-0.2, 0) is 0 Å². The molecule has 0 saturated heterocycles. The molecular weight excluding hydrogens is 338 g/mol. The number of hydrogen-bond donors (Lipinski definition) is 0.